The summed E-state index contributed by atoms with van der Waals surface area (Å²) >= 11 is 0. The van der Waals surface area contributed by atoms with E-state index in [2.05, 4.69) is 19.9 Å². The van der Waals surface area contributed by atoms with Gasteiger partial charge in [-0.3, -0.25) is 0 Å². The minimum absolute atomic E-state index is 0.315. The van der Waals surface area contributed by atoms with Crippen LogP contribution in [0.5, 0.6) is 11.5 Å². The maximum absolute atomic E-state index is 12.9. The lowest BCUT2D eigenvalue weighted by molar-refractivity contribution is 0.0224. The van der Waals surface area contributed by atoms with Gasteiger partial charge in [0.05, 0.1) is 5.56 Å². The largest absolute Gasteiger partial charge is 0.456 e. The van der Waals surface area contributed by atoms with Crippen molar-refractivity contribution >= 4 is 17.3 Å². The van der Waals surface area contributed by atoms with Crippen LogP contribution in [-0.4, -0.2) is 5.97 Å². The Morgan fingerprint density at radius 1 is 0.821 bits per heavy atom. The Bertz CT molecular complexity index is 1100. The van der Waals surface area contributed by atoms with Gasteiger partial charge in [0.15, 0.2) is 5.60 Å². The third-order valence-electron chi connectivity index (χ3n) is 5.55. The van der Waals surface area contributed by atoms with E-state index in [9.17, 15) is 4.79 Å². The molecule has 1 spiro atoms. The fraction of sp³-hybridized carbons (Fsp3) is 0.174. The number of nitrogens with two attached hydrogens (primary N) is 2. The topological polar surface area (TPSA) is 87.6 Å². The van der Waals surface area contributed by atoms with Gasteiger partial charge in [-0.1, -0.05) is 19.9 Å². The summed E-state index contributed by atoms with van der Waals surface area (Å²) in [5.74, 6) is 1.09. The molecule has 5 rings (SSSR count). The number of carbonyl (C=O) groups excluding carboxylic acids is 1. The third-order valence-corrected chi connectivity index (χ3v) is 5.55. The van der Waals surface area contributed by atoms with Crippen LogP contribution in [0.2, 0.25) is 0 Å². The molecule has 0 bridgehead atoms. The van der Waals surface area contributed by atoms with Crippen LogP contribution in [0, 0.1) is 0 Å². The van der Waals surface area contributed by atoms with Crippen LogP contribution < -0.4 is 16.2 Å². The van der Waals surface area contributed by atoms with Crippen LogP contribution in [0.25, 0.3) is 0 Å². The molecule has 0 aromatic heterocycles. The molecule has 28 heavy (non-hydrogen) atoms. The van der Waals surface area contributed by atoms with Gasteiger partial charge in [0.25, 0.3) is 0 Å². The van der Waals surface area contributed by atoms with E-state index in [1.54, 1.807) is 24.3 Å². The second-order valence-corrected chi connectivity index (χ2v) is 7.64. The van der Waals surface area contributed by atoms with Crippen LogP contribution in [0.3, 0.4) is 0 Å². The predicted octanol–water partition coefficient (Wildman–Crippen LogP) is 4.54. The lowest BCUT2D eigenvalue weighted by Crippen LogP contribution is -2.33. The van der Waals surface area contributed by atoms with Crippen molar-refractivity contribution in [3.05, 3.63) is 82.4 Å². The summed E-state index contributed by atoms with van der Waals surface area (Å²) in [6.07, 6.45) is 0. The van der Waals surface area contributed by atoms with Crippen molar-refractivity contribution in [2.75, 3.05) is 11.5 Å². The highest BCUT2D eigenvalue weighted by Crippen LogP contribution is 2.56. The first kappa shape index (κ1) is 16.7. The number of hydrogen-bond donors (Lipinski definition) is 2. The number of carbonyl (C=O) groups is 1. The summed E-state index contributed by atoms with van der Waals surface area (Å²) in [5, 5.41) is 0. The number of nitrogen functional groups attached to an aromatic ring is 2. The second-order valence-electron chi connectivity index (χ2n) is 7.64. The van der Waals surface area contributed by atoms with Crippen molar-refractivity contribution in [2.24, 2.45) is 0 Å². The minimum Gasteiger partial charge on any atom is -0.456 e. The normalized spacial score (nSPS) is 15.6. The minimum atomic E-state index is -1.08. The molecular weight excluding hydrogens is 352 g/mol. The van der Waals surface area contributed by atoms with E-state index >= 15 is 0 Å². The molecule has 0 aliphatic carbocycles. The summed E-state index contributed by atoms with van der Waals surface area (Å²) in [4.78, 5) is 12.9. The summed E-state index contributed by atoms with van der Waals surface area (Å²) in [5.41, 5.74) is 16.1. The van der Waals surface area contributed by atoms with Gasteiger partial charge < -0.3 is 20.9 Å². The molecule has 0 amide bonds. The zero-order valence-electron chi connectivity index (χ0n) is 15.7. The van der Waals surface area contributed by atoms with Crippen LogP contribution in [0.4, 0.5) is 11.4 Å². The molecule has 0 unspecified atom stereocenters. The Kier molecular flexibility index (Phi) is 3.29. The number of esters is 1. The van der Waals surface area contributed by atoms with E-state index in [0.717, 1.165) is 22.3 Å². The molecule has 5 heteroatoms. The Morgan fingerprint density at radius 3 is 2.00 bits per heavy atom. The molecule has 3 aromatic rings. The van der Waals surface area contributed by atoms with Gasteiger partial charge >= 0.3 is 5.97 Å². The van der Waals surface area contributed by atoms with Gasteiger partial charge in [-0.2, -0.15) is 0 Å². The molecule has 0 atom stereocenters. The Morgan fingerprint density at radius 2 is 1.43 bits per heavy atom. The van der Waals surface area contributed by atoms with Crippen molar-refractivity contribution in [3.63, 3.8) is 0 Å². The van der Waals surface area contributed by atoms with E-state index in [-0.39, 0.29) is 5.97 Å². The van der Waals surface area contributed by atoms with E-state index in [1.807, 2.05) is 24.3 Å². The summed E-state index contributed by atoms with van der Waals surface area (Å²) in [6.45, 7) is 4.25. The molecule has 2 aliphatic heterocycles. The molecule has 0 saturated carbocycles. The predicted molar refractivity (Wildman–Crippen MR) is 108 cm³/mol. The molecular formula is C23H20N2O3. The highest BCUT2D eigenvalue weighted by molar-refractivity contribution is 5.97. The van der Waals surface area contributed by atoms with Gasteiger partial charge in [0.2, 0.25) is 0 Å². The van der Waals surface area contributed by atoms with E-state index < -0.39 is 5.60 Å². The monoisotopic (exact) mass is 372 g/mol. The first-order valence-electron chi connectivity index (χ1n) is 9.26. The maximum Gasteiger partial charge on any atom is 0.340 e. The fourth-order valence-corrected chi connectivity index (χ4v) is 4.13. The summed E-state index contributed by atoms with van der Waals surface area (Å²) in [7, 11) is 0. The average Bonchev–Trinajstić information content (AvgIpc) is 2.94. The van der Waals surface area contributed by atoms with Crippen LogP contribution in [0.15, 0.2) is 54.6 Å². The third kappa shape index (κ3) is 2.10. The van der Waals surface area contributed by atoms with Crippen LogP contribution >= 0.6 is 0 Å². The van der Waals surface area contributed by atoms with Crippen LogP contribution in [-0.2, 0) is 10.3 Å². The highest BCUT2D eigenvalue weighted by atomic mass is 16.6. The van der Waals surface area contributed by atoms with Crippen molar-refractivity contribution in [2.45, 2.75) is 25.4 Å². The zero-order chi connectivity index (χ0) is 19.6. The number of fused-ring (bicyclic) bond motifs is 6. The van der Waals surface area contributed by atoms with Crippen molar-refractivity contribution in [1.82, 2.24) is 0 Å². The molecule has 0 saturated heterocycles. The lowest BCUT2D eigenvalue weighted by atomic mass is 9.76. The smallest absolute Gasteiger partial charge is 0.340 e. The average molecular weight is 372 g/mol. The Labute approximate surface area is 162 Å². The molecule has 0 radical (unpaired) electrons. The Balaban J connectivity index is 1.89. The lowest BCUT2D eigenvalue weighted by Gasteiger charge is -2.36. The van der Waals surface area contributed by atoms with Gasteiger partial charge in [-0.05, 0) is 47.9 Å². The number of benzene rings is 3. The Hall–Kier alpha value is -3.47. The van der Waals surface area contributed by atoms with Gasteiger partial charge in [0.1, 0.15) is 11.5 Å². The summed E-state index contributed by atoms with van der Waals surface area (Å²) < 4.78 is 12.2. The van der Waals surface area contributed by atoms with E-state index in [0.29, 0.717) is 34.4 Å². The maximum atomic E-state index is 12.9. The fourth-order valence-electron chi connectivity index (χ4n) is 4.13. The highest BCUT2D eigenvalue weighted by Gasteiger charge is 2.53. The van der Waals surface area contributed by atoms with Crippen molar-refractivity contribution in [1.29, 1.82) is 0 Å². The summed E-state index contributed by atoms with van der Waals surface area (Å²) in [6, 6.07) is 16.7. The van der Waals surface area contributed by atoms with E-state index in [4.69, 9.17) is 20.9 Å². The number of rotatable bonds is 1. The quantitative estimate of drug-likeness (QED) is 0.484. The van der Waals surface area contributed by atoms with Gasteiger partial charge in [-0.25, -0.2) is 4.79 Å². The number of hydrogen-bond acceptors (Lipinski definition) is 5. The second kappa shape index (κ2) is 5.52. The molecule has 2 heterocycles. The molecule has 5 nitrogen and oxygen atoms in total. The zero-order valence-corrected chi connectivity index (χ0v) is 15.7. The van der Waals surface area contributed by atoms with E-state index in [1.165, 1.54) is 0 Å². The molecule has 0 fully saturated rings. The van der Waals surface area contributed by atoms with Crippen LogP contribution in [0.1, 0.15) is 52.4 Å². The van der Waals surface area contributed by atoms with Gasteiger partial charge in [-0.15, -0.1) is 0 Å². The first-order valence-corrected chi connectivity index (χ1v) is 9.26. The van der Waals surface area contributed by atoms with Gasteiger partial charge in [0, 0.05) is 40.2 Å². The number of anilines is 2. The standard InChI is InChI=1S/C23H20N2O3/c1-12(2)13-3-6-16-19(9-13)23(28-22(16)26)17-7-4-14(24)10-20(17)27-21-11-15(25)5-8-18(21)23/h3-12H,24-25H2,1-2H3. The molecule has 4 N–H and O–H groups in total. The molecule has 3 aromatic carbocycles. The molecule has 2 aliphatic rings. The van der Waals surface area contributed by atoms with Crippen molar-refractivity contribution in [3.8, 4) is 11.5 Å². The number of ether oxygens (including phenoxy) is 2. The molecule has 140 valence electrons. The first-order chi connectivity index (χ1) is 13.4. The SMILES string of the molecule is CC(C)c1ccc2c(c1)C1(OC2=O)c2ccc(N)cc2Oc2cc(N)ccc21. The van der Waals surface area contributed by atoms with Crippen molar-refractivity contribution < 1.29 is 14.3 Å².